The molecular weight excluding hydrogens is 514 g/mol. The van der Waals surface area contributed by atoms with E-state index in [-0.39, 0.29) is 24.7 Å². The summed E-state index contributed by atoms with van der Waals surface area (Å²) in [4.78, 5) is 30.8. The number of rotatable bonds is 6. The number of hydrogen-bond acceptors (Lipinski definition) is 5. The molecule has 1 fully saturated rings. The van der Waals surface area contributed by atoms with Crippen LogP contribution in [0.5, 0.6) is 0 Å². The lowest BCUT2D eigenvalue weighted by atomic mass is 9.89. The Balaban J connectivity index is 1.25. The van der Waals surface area contributed by atoms with Gasteiger partial charge in [0.2, 0.25) is 10.0 Å². The minimum absolute atomic E-state index is 0.0253. The number of benzene rings is 2. The fourth-order valence-electron chi connectivity index (χ4n) is 6.05. The van der Waals surface area contributed by atoms with Gasteiger partial charge in [-0.15, -0.1) is 0 Å². The zero-order valence-corrected chi connectivity index (χ0v) is 23.7. The molecule has 0 aromatic heterocycles. The molecule has 0 radical (unpaired) electrons. The molecule has 2 heterocycles. The van der Waals surface area contributed by atoms with E-state index in [1.807, 2.05) is 32.0 Å². The maximum Gasteiger partial charge on any atom is 0.318 e. The van der Waals surface area contributed by atoms with Gasteiger partial charge in [-0.3, -0.25) is 14.7 Å². The highest BCUT2D eigenvalue weighted by atomic mass is 32.2. The molecule has 208 valence electrons. The number of sulfonamides is 1. The Morgan fingerprint density at radius 3 is 2.36 bits per heavy atom. The van der Waals surface area contributed by atoms with Crippen LogP contribution in [0.25, 0.3) is 0 Å². The van der Waals surface area contributed by atoms with Crippen LogP contribution in [-0.2, 0) is 34.1 Å². The standard InChI is InChI=1S/C29H37N5O4S/c1-19-16-24(33(3)28(30)36)17-20(2)25(19)10-15-39(37,38)34-13-11-29(12-14-34)27(35)31-26(32-29)23-9-8-21-6-4-5-7-22(21)18-23/h8-9,16-18H,4-7,10-15H2,1-3H3,(H2,30,36)(H,31,32,35). The van der Waals surface area contributed by atoms with Gasteiger partial charge in [0.15, 0.2) is 0 Å². The number of primary amides is 1. The van der Waals surface area contributed by atoms with Crippen molar-refractivity contribution in [3.8, 4) is 0 Å². The van der Waals surface area contributed by atoms with Gasteiger partial charge in [-0.1, -0.05) is 12.1 Å². The lowest BCUT2D eigenvalue weighted by Gasteiger charge is -2.34. The van der Waals surface area contributed by atoms with Crippen LogP contribution >= 0.6 is 0 Å². The van der Waals surface area contributed by atoms with E-state index in [1.165, 1.54) is 33.2 Å². The number of amidine groups is 1. The highest BCUT2D eigenvalue weighted by Crippen LogP contribution is 2.33. The zero-order chi connectivity index (χ0) is 27.9. The van der Waals surface area contributed by atoms with Crippen molar-refractivity contribution in [2.75, 3.05) is 30.8 Å². The number of aliphatic imine (C=N–C) groups is 1. The number of aryl methyl sites for hydroxylation is 4. The second-order valence-corrected chi connectivity index (χ2v) is 13.1. The van der Waals surface area contributed by atoms with Gasteiger partial charge >= 0.3 is 6.03 Å². The van der Waals surface area contributed by atoms with Crippen molar-refractivity contribution in [2.45, 2.75) is 64.3 Å². The van der Waals surface area contributed by atoms with Gasteiger partial charge in [-0.2, -0.15) is 0 Å². The van der Waals surface area contributed by atoms with E-state index < -0.39 is 21.6 Å². The molecule has 5 rings (SSSR count). The Morgan fingerprint density at radius 2 is 1.72 bits per heavy atom. The average molecular weight is 552 g/mol. The molecule has 2 aromatic rings. The summed E-state index contributed by atoms with van der Waals surface area (Å²) < 4.78 is 28.0. The SMILES string of the molecule is Cc1cc(N(C)C(N)=O)cc(C)c1CCS(=O)(=O)N1CCC2(CC1)N=C(c1ccc3c(c1)CCCC3)NC2=O. The third-order valence-electron chi connectivity index (χ3n) is 8.55. The van der Waals surface area contributed by atoms with Crippen molar-refractivity contribution in [2.24, 2.45) is 10.7 Å². The summed E-state index contributed by atoms with van der Waals surface area (Å²) in [5.74, 6) is 0.434. The molecule has 10 heteroatoms. The highest BCUT2D eigenvalue weighted by Gasteiger charge is 2.47. The molecule has 0 saturated carbocycles. The van der Waals surface area contributed by atoms with Crippen molar-refractivity contribution < 1.29 is 18.0 Å². The minimum Gasteiger partial charge on any atom is -0.351 e. The van der Waals surface area contributed by atoms with E-state index in [0.29, 0.717) is 30.8 Å². The molecule has 3 aliphatic rings. The van der Waals surface area contributed by atoms with E-state index in [9.17, 15) is 18.0 Å². The number of carbonyl (C=O) groups is 2. The number of carbonyl (C=O) groups excluding carboxylic acids is 2. The van der Waals surface area contributed by atoms with Crippen molar-refractivity contribution in [1.82, 2.24) is 9.62 Å². The normalized spacial score (nSPS) is 18.9. The van der Waals surface area contributed by atoms with Gasteiger partial charge in [-0.25, -0.2) is 17.5 Å². The molecule has 1 saturated heterocycles. The monoisotopic (exact) mass is 551 g/mol. The first-order valence-electron chi connectivity index (χ1n) is 13.6. The second kappa shape index (κ2) is 10.4. The number of fused-ring (bicyclic) bond motifs is 1. The molecule has 3 amide bonds. The van der Waals surface area contributed by atoms with Crippen LogP contribution in [0.1, 0.15) is 59.1 Å². The van der Waals surface area contributed by atoms with Crippen molar-refractivity contribution in [1.29, 1.82) is 0 Å². The average Bonchev–Trinajstić information content (AvgIpc) is 3.22. The van der Waals surface area contributed by atoms with Crippen LogP contribution in [0.3, 0.4) is 0 Å². The number of nitrogens with one attached hydrogen (secondary N) is 1. The van der Waals surface area contributed by atoms with Crippen LogP contribution in [-0.4, -0.2) is 61.9 Å². The van der Waals surface area contributed by atoms with Gasteiger partial charge in [0, 0.05) is 31.4 Å². The molecule has 0 unspecified atom stereocenters. The Bertz CT molecular complexity index is 1440. The number of amides is 3. The number of urea groups is 1. The smallest absolute Gasteiger partial charge is 0.318 e. The van der Waals surface area contributed by atoms with Crippen LogP contribution in [0.15, 0.2) is 35.3 Å². The molecule has 1 spiro atoms. The first-order chi connectivity index (χ1) is 18.5. The van der Waals surface area contributed by atoms with Crippen LogP contribution in [0, 0.1) is 13.8 Å². The van der Waals surface area contributed by atoms with Crippen LogP contribution < -0.4 is 16.0 Å². The Morgan fingerprint density at radius 1 is 1.08 bits per heavy atom. The largest absolute Gasteiger partial charge is 0.351 e. The zero-order valence-electron chi connectivity index (χ0n) is 22.9. The molecule has 2 aromatic carbocycles. The summed E-state index contributed by atoms with van der Waals surface area (Å²) in [6.07, 6.45) is 5.63. The quantitative estimate of drug-likeness (QED) is 0.573. The van der Waals surface area contributed by atoms with Crippen molar-refractivity contribution >= 4 is 33.5 Å². The third-order valence-corrected chi connectivity index (χ3v) is 10.4. The summed E-state index contributed by atoms with van der Waals surface area (Å²) in [5.41, 5.74) is 11.6. The third kappa shape index (κ3) is 5.32. The molecule has 3 N–H and O–H groups in total. The van der Waals surface area contributed by atoms with Crippen LogP contribution in [0.2, 0.25) is 0 Å². The molecule has 0 bridgehead atoms. The molecule has 1 aliphatic carbocycles. The molecular formula is C29H37N5O4S. The number of hydrogen-bond donors (Lipinski definition) is 2. The van der Waals surface area contributed by atoms with Gasteiger partial charge in [0.25, 0.3) is 5.91 Å². The highest BCUT2D eigenvalue weighted by molar-refractivity contribution is 7.89. The first kappa shape index (κ1) is 27.3. The number of nitrogens with zero attached hydrogens (tertiary/aromatic N) is 3. The van der Waals surface area contributed by atoms with Crippen molar-refractivity contribution in [3.63, 3.8) is 0 Å². The summed E-state index contributed by atoms with van der Waals surface area (Å²) in [6.45, 7) is 4.34. The number of piperidine rings is 1. The number of anilines is 1. The van der Waals surface area contributed by atoms with E-state index in [2.05, 4.69) is 17.4 Å². The molecule has 39 heavy (non-hydrogen) atoms. The first-order valence-corrected chi connectivity index (χ1v) is 15.2. The van der Waals surface area contributed by atoms with E-state index in [1.54, 1.807) is 7.05 Å². The van der Waals surface area contributed by atoms with E-state index in [4.69, 9.17) is 10.7 Å². The van der Waals surface area contributed by atoms with Crippen LogP contribution in [0.4, 0.5) is 10.5 Å². The van der Waals surface area contributed by atoms with Gasteiger partial charge in [0.05, 0.1) is 5.75 Å². The van der Waals surface area contributed by atoms with Gasteiger partial charge in [-0.05, 0) is 105 Å². The summed E-state index contributed by atoms with van der Waals surface area (Å²) >= 11 is 0. The van der Waals surface area contributed by atoms with Gasteiger partial charge in [0.1, 0.15) is 11.4 Å². The Kier molecular flexibility index (Phi) is 7.28. The maximum atomic E-state index is 13.3. The fourth-order valence-corrected chi connectivity index (χ4v) is 7.51. The van der Waals surface area contributed by atoms with E-state index in [0.717, 1.165) is 35.1 Å². The lowest BCUT2D eigenvalue weighted by molar-refractivity contribution is -0.124. The summed E-state index contributed by atoms with van der Waals surface area (Å²) in [7, 11) is -1.92. The van der Waals surface area contributed by atoms with Gasteiger partial charge < -0.3 is 11.1 Å². The predicted octanol–water partition coefficient (Wildman–Crippen LogP) is 2.98. The topological polar surface area (TPSA) is 125 Å². The molecule has 9 nitrogen and oxygen atoms in total. The summed E-state index contributed by atoms with van der Waals surface area (Å²) in [6, 6.07) is 9.47. The molecule has 2 aliphatic heterocycles. The minimum atomic E-state index is -3.53. The lowest BCUT2D eigenvalue weighted by Crippen LogP contribution is -2.50. The predicted molar refractivity (Wildman–Crippen MR) is 153 cm³/mol. The van der Waals surface area contributed by atoms with E-state index >= 15 is 0 Å². The molecule has 0 atom stereocenters. The maximum absolute atomic E-state index is 13.3. The van der Waals surface area contributed by atoms with Crippen molar-refractivity contribution in [3.05, 3.63) is 63.7 Å². The Hall–Kier alpha value is -3.24. The summed E-state index contributed by atoms with van der Waals surface area (Å²) in [5, 5.41) is 2.98. The fraction of sp³-hybridized carbons (Fsp3) is 0.483. The number of nitrogens with two attached hydrogens (primary N) is 1. The second-order valence-electron chi connectivity index (χ2n) is 11.1. The Labute approximate surface area is 230 Å².